The van der Waals surface area contributed by atoms with Crippen LogP contribution in [0.1, 0.15) is 0 Å². The number of nitrogens with zero attached hydrogens (tertiary/aromatic N) is 3. The van der Waals surface area contributed by atoms with Crippen LogP contribution in [0.25, 0.3) is 0 Å². The van der Waals surface area contributed by atoms with Crippen LogP contribution < -0.4 is 9.64 Å². The monoisotopic (exact) mass is 363 g/mol. The number of amides is 2. The van der Waals surface area contributed by atoms with Crippen LogP contribution in [0.5, 0.6) is 5.75 Å². The Labute approximate surface area is 158 Å². The fraction of sp³-hybridized carbons (Fsp3) is 0.286. The van der Waals surface area contributed by atoms with E-state index in [4.69, 9.17) is 4.74 Å². The fourth-order valence-corrected chi connectivity index (χ4v) is 3.62. The van der Waals surface area contributed by atoms with Crippen LogP contribution >= 0.6 is 0 Å². The number of allylic oxidation sites excluding steroid dienone is 4. The van der Waals surface area contributed by atoms with Crippen molar-refractivity contribution in [3.05, 3.63) is 60.2 Å². The number of carbonyl (C=O) groups is 2. The highest BCUT2D eigenvalue weighted by Gasteiger charge is 2.32. The summed E-state index contributed by atoms with van der Waals surface area (Å²) in [6, 6.07) is 7.94. The molecule has 27 heavy (non-hydrogen) atoms. The van der Waals surface area contributed by atoms with Crippen LogP contribution in [0.4, 0.5) is 5.69 Å². The molecular weight excluding hydrogens is 342 g/mol. The number of benzene rings is 1. The zero-order chi connectivity index (χ0) is 18.8. The van der Waals surface area contributed by atoms with Crippen molar-refractivity contribution in [2.75, 3.05) is 38.2 Å². The van der Waals surface area contributed by atoms with Crippen LogP contribution in [-0.4, -0.2) is 55.7 Å². The highest BCUT2D eigenvalue weighted by Crippen LogP contribution is 2.26. The molecular formula is C21H21N3O3. The van der Waals surface area contributed by atoms with Crippen LogP contribution in [0.2, 0.25) is 0 Å². The third kappa shape index (κ3) is 3.43. The summed E-state index contributed by atoms with van der Waals surface area (Å²) in [5.74, 6) is 0.171. The number of aliphatic imine (C=N–C) groups is 1. The van der Waals surface area contributed by atoms with E-state index in [1.54, 1.807) is 13.2 Å². The van der Waals surface area contributed by atoms with Gasteiger partial charge in [-0.3, -0.25) is 9.59 Å². The topological polar surface area (TPSA) is 62.2 Å². The SMILES string of the molecule is COc1ccc(N2CCN(C(=O)C3=CC(=O)N=C4C=CC=CC34)CC2)cc1. The van der Waals surface area contributed by atoms with E-state index in [2.05, 4.69) is 9.89 Å². The minimum absolute atomic E-state index is 0.0740. The van der Waals surface area contributed by atoms with Crippen molar-refractivity contribution in [2.24, 2.45) is 10.9 Å². The van der Waals surface area contributed by atoms with E-state index >= 15 is 0 Å². The van der Waals surface area contributed by atoms with Crippen LogP contribution in [0.15, 0.2) is 65.2 Å². The molecule has 1 unspecified atom stereocenters. The van der Waals surface area contributed by atoms with E-state index in [1.165, 1.54) is 6.08 Å². The van der Waals surface area contributed by atoms with Gasteiger partial charge in [0, 0.05) is 43.5 Å². The Hall–Kier alpha value is -3.15. The molecule has 1 saturated heterocycles. The summed E-state index contributed by atoms with van der Waals surface area (Å²) < 4.78 is 5.20. The Morgan fingerprint density at radius 2 is 1.85 bits per heavy atom. The number of rotatable bonds is 3. The van der Waals surface area contributed by atoms with Crippen LogP contribution in [-0.2, 0) is 9.59 Å². The van der Waals surface area contributed by atoms with Gasteiger partial charge in [0.1, 0.15) is 5.75 Å². The third-order valence-corrected chi connectivity index (χ3v) is 5.11. The predicted molar refractivity (Wildman–Crippen MR) is 104 cm³/mol. The number of ether oxygens (including phenoxy) is 1. The molecule has 1 aromatic rings. The molecule has 0 spiro atoms. The molecule has 0 radical (unpaired) electrons. The Morgan fingerprint density at radius 3 is 2.56 bits per heavy atom. The first-order valence-electron chi connectivity index (χ1n) is 9.03. The number of hydrogen-bond donors (Lipinski definition) is 0. The maximum absolute atomic E-state index is 13.0. The molecule has 0 aromatic heterocycles. The summed E-state index contributed by atoms with van der Waals surface area (Å²) in [4.78, 5) is 33.0. The van der Waals surface area contributed by atoms with Crippen LogP contribution in [0, 0.1) is 5.92 Å². The molecule has 6 nitrogen and oxygen atoms in total. The van der Waals surface area contributed by atoms with Crippen molar-refractivity contribution in [1.29, 1.82) is 0 Å². The molecule has 6 heteroatoms. The molecule has 2 heterocycles. The Morgan fingerprint density at radius 1 is 1.11 bits per heavy atom. The second-order valence-corrected chi connectivity index (χ2v) is 6.67. The largest absolute Gasteiger partial charge is 0.497 e. The Bertz CT molecular complexity index is 872. The maximum atomic E-state index is 13.0. The lowest BCUT2D eigenvalue weighted by molar-refractivity contribution is -0.128. The lowest BCUT2D eigenvalue weighted by Crippen LogP contribution is -2.50. The molecule has 1 aromatic carbocycles. The van der Waals surface area contributed by atoms with E-state index in [9.17, 15) is 9.59 Å². The van der Waals surface area contributed by atoms with Crippen molar-refractivity contribution in [1.82, 2.24) is 4.90 Å². The molecule has 1 atom stereocenters. The lowest BCUT2D eigenvalue weighted by Gasteiger charge is -2.37. The smallest absolute Gasteiger partial charge is 0.270 e. The molecule has 0 saturated carbocycles. The van der Waals surface area contributed by atoms with Gasteiger partial charge in [-0.05, 0) is 30.3 Å². The minimum Gasteiger partial charge on any atom is -0.497 e. The molecule has 0 bridgehead atoms. The summed E-state index contributed by atoms with van der Waals surface area (Å²) in [5, 5.41) is 0. The van der Waals surface area contributed by atoms with E-state index in [1.807, 2.05) is 47.4 Å². The standard InChI is InChI=1S/C21H21N3O3/c1-27-16-8-6-15(7-9-16)23-10-12-24(13-11-23)21(26)18-14-20(25)22-19-5-3-2-4-17(18)19/h2-9,14,17H,10-13H2,1H3. The van der Waals surface area contributed by atoms with Crippen LogP contribution in [0.3, 0.4) is 0 Å². The first-order chi connectivity index (χ1) is 13.2. The van der Waals surface area contributed by atoms with Gasteiger partial charge < -0.3 is 14.5 Å². The minimum atomic E-state index is -0.360. The van der Waals surface area contributed by atoms with Crippen molar-refractivity contribution < 1.29 is 14.3 Å². The summed E-state index contributed by atoms with van der Waals surface area (Å²) >= 11 is 0. The van der Waals surface area contributed by atoms with Gasteiger partial charge in [0.25, 0.3) is 11.8 Å². The number of carbonyl (C=O) groups excluding carboxylic acids is 2. The zero-order valence-corrected chi connectivity index (χ0v) is 15.2. The average Bonchev–Trinajstić information content (AvgIpc) is 2.73. The van der Waals surface area contributed by atoms with E-state index in [0.717, 1.165) is 24.5 Å². The lowest BCUT2D eigenvalue weighted by atomic mass is 9.87. The number of fused-ring (bicyclic) bond motifs is 1. The highest BCUT2D eigenvalue weighted by atomic mass is 16.5. The quantitative estimate of drug-likeness (QED) is 0.824. The van der Waals surface area contributed by atoms with E-state index < -0.39 is 0 Å². The third-order valence-electron chi connectivity index (χ3n) is 5.11. The molecule has 1 aliphatic carbocycles. The summed E-state index contributed by atoms with van der Waals surface area (Å²) in [6.45, 7) is 2.74. The molecule has 3 aliphatic rings. The van der Waals surface area contributed by atoms with Gasteiger partial charge >= 0.3 is 0 Å². The van der Waals surface area contributed by atoms with Gasteiger partial charge in [0.15, 0.2) is 0 Å². The summed E-state index contributed by atoms with van der Waals surface area (Å²) in [5.41, 5.74) is 2.28. The van der Waals surface area contributed by atoms with Gasteiger partial charge in [-0.2, -0.15) is 0 Å². The second-order valence-electron chi connectivity index (χ2n) is 6.67. The van der Waals surface area contributed by atoms with Gasteiger partial charge in [-0.25, -0.2) is 4.99 Å². The van der Waals surface area contributed by atoms with Gasteiger partial charge in [-0.15, -0.1) is 0 Å². The zero-order valence-electron chi connectivity index (χ0n) is 15.2. The summed E-state index contributed by atoms with van der Waals surface area (Å²) in [7, 11) is 1.65. The number of anilines is 1. The number of hydrogen-bond acceptors (Lipinski definition) is 4. The molecule has 0 N–H and O–H groups in total. The summed E-state index contributed by atoms with van der Waals surface area (Å²) in [6.07, 6.45) is 8.83. The first-order valence-corrected chi connectivity index (χ1v) is 9.03. The molecule has 138 valence electrons. The second kappa shape index (κ2) is 7.23. The first kappa shape index (κ1) is 17.3. The predicted octanol–water partition coefficient (Wildman–Crippen LogP) is 1.99. The molecule has 4 rings (SSSR count). The molecule has 2 aliphatic heterocycles. The van der Waals surface area contributed by atoms with Crippen molar-refractivity contribution in [3.8, 4) is 5.75 Å². The van der Waals surface area contributed by atoms with Gasteiger partial charge in [0.2, 0.25) is 0 Å². The average molecular weight is 363 g/mol. The van der Waals surface area contributed by atoms with E-state index in [0.29, 0.717) is 24.4 Å². The number of piperazine rings is 1. The fourth-order valence-electron chi connectivity index (χ4n) is 3.62. The highest BCUT2D eigenvalue weighted by molar-refractivity contribution is 6.18. The number of methoxy groups -OCH3 is 1. The normalized spacial score (nSPS) is 21.5. The van der Waals surface area contributed by atoms with E-state index in [-0.39, 0.29) is 17.7 Å². The van der Waals surface area contributed by atoms with Crippen molar-refractivity contribution in [2.45, 2.75) is 0 Å². The van der Waals surface area contributed by atoms with Gasteiger partial charge in [0.05, 0.1) is 18.7 Å². The van der Waals surface area contributed by atoms with Gasteiger partial charge in [-0.1, -0.05) is 18.2 Å². The molecule has 2 amide bonds. The Kier molecular flexibility index (Phi) is 4.62. The van der Waals surface area contributed by atoms with Crippen molar-refractivity contribution in [3.63, 3.8) is 0 Å². The molecule has 1 fully saturated rings. The Balaban J connectivity index is 1.43. The van der Waals surface area contributed by atoms with Crippen molar-refractivity contribution >= 4 is 23.2 Å². The maximum Gasteiger partial charge on any atom is 0.270 e. The number of dihydropyridines is 1.